The number of aliphatic carboxylic acids is 1. The average molecular weight is 575 g/mol. The summed E-state index contributed by atoms with van der Waals surface area (Å²) in [5.74, 6) is 0.201. The molecule has 5 rings (SSSR count). The molecule has 1 aromatic heterocycles. The third kappa shape index (κ3) is 6.02. The van der Waals surface area contributed by atoms with E-state index in [1.807, 2.05) is 0 Å². The number of carboxylic acid groups (broad SMARTS) is 1. The molecule has 0 aliphatic heterocycles. The topological polar surface area (TPSA) is 117 Å². The Morgan fingerprint density at radius 3 is 2.24 bits per heavy atom. The zero-order chi connectivity index (χ0) is 28.9. The minimum absolute atomic E-state index is 0.0124. The Balaban J connectivity index is 1.65. The minimum atomic E-state index is -1.24. The van der Waals surface area contributed by atoms with Crippen LogP contribution in [0.4, 0.5) is 0 Å². The summed E-state index contributed by atoms with van der Waals surface area (Å²) in [6.45, 7) is 0. The molecule has 0 saturated heterocycles. The van der Waals surface area contributed by atoms with E-state index in [1.54, 1.807) is 54.6 Å². The van der Waals surface area contributed by atoms with E-state index >= 15 is 0 Å². The Kier molecular flexibility index (Phi) is 8.49. The Morgan fingerprint density at radius 2 is 1.59 bits per heavy atom. The Bertz CT molecular complexity index is 1600. The van der Waals surface area contributed by atoms with Gasteiger partial charge in [0.2, 0.25) is 5.75 Å². The zero-order valence-corrected chi connectivity index (χ0v) is 23.8. The van der Waals surface area contributed by atoms with Gasteiger partial charge < -0.3 is 24.1 Å². The number of ether oxygens (including phenoxy) is 4. The van der Waals surface area contributed by atoms with Gasteiger partial charge >= 0.3 is 5.97 Å². The number of nitrogens with zero attached hydrogens (tertiary/aromatic N) is 2. The van der Waals surface area contributed by atoms with E-state index in [4.69, 9.17) is 18.9 Å². The number of methoxy groups -OCH3 is 3. The van der Waals surface area contributed by atoms with Crippen molar-refractivity contribution in [2.24, 2.45) is 0 Å². The van der Waals surface area contributed by atoms with Gasteiger partial charge in [-0.1, -0.05) is 18.2 Å². The number of benzene rings is 3. The van der Waals surface area contributed by atoms with Crippen molar-refractivity contribution >= 4 is 40.1 Å². The largest absolute Gasteiger partial charge is 0.497 e. The first-order valence-electron chi connectivity index (χ1n) is 13.2. The van der Waals surface area contributed by atoms with Crippen LogP contribution < -0.4 is 18.9 Å². The molecule has 41 heavy (non-hydrogen) atoms. The van der Waals surface area contributed by atoms with Crippen molar-refractivity contribution in [3.63, 3.8) is 0 Å². The molecule has 0 radical (unpaired) electrons. The summed E-state index contributed by atoms with van der Waals surface area (Å²) >= 11 is 1.04. The number of carboxylic acids is 1. The maximum absolute atomic E-state index is 14.1. The Labute approximate surface area is 241 Å². The van der Waals surface area contributed by atoms with Crippen LogP contribution in [0.15, 0.2) is 60.2 Å². The number of hydrogen-bond donors (Lipinski definition) is 1. The molecule has 4 aromatic rings. The highest BCUT2D eigenvalue weighted by molar-refractivity contribution is 7.00. The van der Waals surface area contributed by atoms with Crippen LogP contribution in [-0.4, -0.2) is 53.0 Å². The molecule has 1 aliphatic rings. The van der Waals surface area contributed by atoms with Crippen molar-refractivity contribution in [2.45, 2.75) is 38.2 Å². The molecule has 0 atom stereocenters. The lowest BCUT2D eigenvalue weighted by Crippen LogP contribution is -2.15. The monoisotopic (exact) mass is 574 g/mol. The highest BCUT2D eigenvalue weighted by atomic mass is 32.1. The van der Waals surface area contributed by atoms with Crippen LogP contribution in [0.3, 0.4) is 0 Å². The lowest BCUT2D eigenvalue weighted by molar-refractivity contribution is -0.130. The molecule has 1 saturated carbocycles. The first kappa shape index (κ1) is 28.1. The number of allylic oxidation sites excluding steroid dienone is 1. The molecule has 0 unspecified atom stereocenters. The molecule has 9 nitrogen and oxygen atoms in total. The molecule has 0 bridgehead atoms. The average Bonchev–Trinajstić information content (AvgIpc) is 3.68. The molecule has 0 spiro atoms. The molecule has 1 N–H and O–H groups in total. The van der Waals surface area contributed by atoms with E-state index in [1.165, 1.54) is 21.3 Å². The fourth-order valence-electron chi connectivity index (χ4n) is 5.11. The molecule has 3 aromatic carbocycles. The summed E-state index contributed by atoms with van der Waals surface area (Å²) in [4.78, 5) is 26.9. The number of hydrogen-bond acceptors (Lipinski definition) is 9. The van der Waals surface area contributed by atoms with Crippen LogP contribution in [0.25, 0.3) is 16.6 Å². The number of aromatic nitrogens is 2. The molecule has 10 heteroatoms. The number of rotatable bonds is 11. The van der Waals surface area contributed by atoms with E-state index < -0.39 is 11.8 Å². The molecule has 1 aliphatic carbocycles. The van der Waals surface area contributed by atoms with Crippen LogP contribution in [0, 0.1) is 0 Å². The summed E-state index contributed by atoms with van der Waals surface area (Å²) in [5.41, 5.74) is 2.43. The van der Waals surface area contributed by atoms with Crippen LogP contribution >= 0.6 is 11.7 Å². The van der Waals surface area contributed by atoms with Gasteiger partial charge in [0.15, 0.2) is 17.3 Å². The van der Waals surface area contributed by atoms with Crippen LogP contribution in [0.5, 0.6) is 23.0 Å². The number of ketones is 1. The molecule has 1 fully saturated rings. The lowest BCUT2D eigenvalue weighted by atomic mass is 9.89. The van der Waals surface area contributed by atoms with Crippen LogP contribution in [0.1, 0.15) is 47.2 Å². The van der Waals surface area contributed by atoms with Gasteiger partial charge in [0.25, 0.3) is 0 Å². The smallest absolute Gasteiger partial charge is 0.336 e. The van der Waals surface area contributed by atoms with Crippen molar-refractivity contribution < 1.29 is 33.6 Å². The predicted octanol–water partition coefficient (Wildman–Crippen LogP) is 6.00. The minimum Gasteiger partial charge on any atom is -0.497 e. The Hall–Kier alpha value is -4.44. The van der Waals surface area contributed by atoms with Crippen molar-refractivity contribution in [1.82, 2.24) is 8.75 Å². The van der Waals surface area contributed by atoms with Gasteiger partial charge in [-0.25, -0.2) is 4.79 Å². The first-order chi connectivity index (χ1) is 19.9. The molecule has 1 heterocycles. The third-order valence-corrected chi connectivity index (χ3v) is 7.71. The van der Waals surface area contributed by atoms with Crippen molar-refractivity contribution in [3.8, 4) is 23.0 Å². The van der Waals surface area contributed by atoms with Gasteiger partial charge in [-0.15, -0.1) is 0 Å². The van der Waals surface area contributed by atoms with E-state index in [0.29, 0.717) is 50.7 Å². The highest BCUT2D eigenvalue weighted by Crippen LogP contribution is 2.42. The van der Waals surface area contributed by atoms with Gasteiger partial charge in [-0.05, 0) is 73.2 Å². The molecular weight excluding hydrogens is 544 g/mol. The number of Topliss-reactive ketones (excluding diaryl/α,β-unsaturated/α-hetero) is 1. The molecular formula is C31H30N2O7S. The Morgan fingerprint density at radius 1 is 0.878 bits per heavy atom. The number of carbonyl (C=O) groups excluding carboxylic acids is 1. The first-order valence-corrected chi connectivity index (χ1v) is 13.9. The highest BCUT2D eigenvalue weighted by Gasteiger charge is 2.27. The summed E-state index contributed by atoms with van der Waals surface area (Å²) in [5, 5.41) is 10.5. The van der Waals surface area contributed by atoms with Gasteiger partial charge in [-0.2, -0.15) is 8.75 Å². The van der Waals surface area contributed by atoms with Gasteiger partial charge in [-0.3, -0.25) is 4.79 Å². The molecule has 0 amide bonds. The fourth-order valence-corrected chi connectivity index (χ4v) is 5.63. The van der Waals surface area contributed by atoms with Crippen molar-refractivity contribution in [3.05, 3.63) is 76.9 Å². The van der Waals surface area contributed by atoms with Gasteiger partial charge in [0, 0.05) is 17.6 Å². The van der Waals surface area contributed by atoms with E-state index in [-0.39, 0.29) is 23.7 Å². The maximum Gasteiger partial charge on any atom is 0.336 e. The predicted molar refractivity (Wildman–Crippen MR) is 155 cm³/mol. The van der Waals surface area contributed by atoms with Crippen molar-refractivity contribution in [1.29, 1.82) is 0 Å². The van der Waals surface area contributed by atoms with E-state index in [9.17, 15) is 14.7 Å². The summed E-state index contributed by atoms with van der Waals surface area (Å²) in [6, 6.07) is 15.2. The second kappa shape index (κ2) is 12.4. The third-order valence-electron chi connectivity index (χ3n) is 7.15. The number of fused-ring (bicyclic) bond motifs is 1. The standard InChI is InChI=1S/C31H30N2O7S/c1-37-22-10-6-7-20(16-22)29(34)23(28(31(35)36)19-11-12-24-25(17-19)33-41-32-24)13-18-14-26(38-2)30(27(15-18)39-3)40-21-8-4-5-9-21/h6-7,10-12,14-17,21H,4-5,8-9,13H2,1-3H3,(H,35,36). The van der Waals surface area contributed by atoms with Crippen LogP contribution in [-0.2, 0) is 11.2 Å². The quantitative estimate of drug-likeness (QED) is 0.170. The fraction of sp³-hybridized carbons (Fsp3) is 0.290. The molecule has 212 valence electrons. The number of carbonyl (C=O) groups is 2. The lowest BCUT2D eigenvalue weighted by Gasteiger charge is -2.20. The summed E-state index contributed by atoms with van der Waals surface area (Å²) < 4.78 is 31.4. The van der Waals surface area contributed by atoms with Crippen LogP contribution in [0.2, 0.25) is 0 Å². The van der Waals surface area contributed by atoms with E-state index in [0.717, 1.165) is 37.4 Å². The summed E-state index contributed by atoms with van der Waals surface area (Å²) in [7, 11) is 4.59. The van der Waals surface area contributed by atoms with Gasteiger partial charge in [0.1, 0.15) is 16.8 Å². The van der Waals surface area contributed by atoms with Crippen molar-refractivity contribution in [2.75, 3.05) is 21.3 Å². The normalized spacial score (nSPS) is 14.0. The second-order valence-corrected chi connectivity index (χ2v) is 10.2. The summed E-state index contributed by atoms with van der Waals surface area (Å²) in [6.07, 6.45) is 4.18. The van der Waals surface area contributed by atoms with E-state index in [2.05, 4.69) is 8.75 Å². The zero-order valence-electron chi connectivity index (χ0n) is 23.0. The SMILES string of the molecule is COc1cccc(C(=O)C(Cc2cc(OC)c(OC3CCCC3)c(OC)c2)=C(C(=O)O)c2ccc3nsnc3c2)c1. The second-order valence-electron chi connectivity index (χ2n) is 9.72. The maximum atomic E-state index is 14.1. The van der Waals surface area contributed by atoms with Gasteiger partial charge in [0.05, 0.1) is 44.7 Å².